The van der Waals surface area contributed by atoms with Crippen molar-refractivity contribution in [3.8, 4) is 11.8 Å². The van der Waals surface area contributed by atoms with Crippen molar-refractivity contribution < 1.29 is 0 Å². The van der Waals surface area contributed by atoms with Gasteiger partial charge >= 0.3 is 136 Å². The molecule has 0 aliphatic carbocycles. The summed E-state index contributed by atoms with van der Waals surface area (Å²) in [4.78, 5) is 0. The van der Waals surface area contributed by atoms with Gasteiger partial charge < -0.3 is 0 Å². The van der Waals surface area contributed by atoms with Gasteiger partial charge in [-0.25, -0.2) is 0 Å². The van der Waals surface area contributed by atoms with Crippen molar-refractivity contribution in [2.24, 2.45) is 0 Å². The SMILES string of the molecule is Cc1nn(-c2ccccc2)c(C)c1[Se]c1ccc(C#N)cc1. The normalized spacial score (nSPS) is 10.4. The van der Waals surface area contributed by atoms with E-state index in [2.05, 4.69) is 32.0 Å². The fraction of sp³-hybridized carbons (Fsp3) is 0.111. The van der Waals surface area contributed by atoms with Crippen LogP contribution in [-0.2, 0) is 0 Å². The number of hydrogen-bond donors (Lipinski definition) is 0. The Balaban J connectivity index is 1.95. The molecule has 2 aromatic carbocycles. The van der Waals surface area contributed by atoms with Crippen LogP contribution >= 0.6 is 0 Å². The van der Waals surface area contributed by atoms with E-state index in [4.69, 9.17) is 10.4 Å². The summed E-state index contributed by atoms with van der Waals surface area (Å²) in [7, 11) is 0. The molecule has 1 heterocycles. The number of nitriles is 1. The zero-order valence-electron chi connectivity index (χ0n) is 12.4. The second kappa shape index (κ2) is 6.19. The summed E-state index contributed by atoms with van der Waals surface area (Å²) in [5, 5.41) is 13.6. The molecule has 0 unspecified atom stereocenters. The number of aryl methyl sites for hydroxylation is 1. The van der Waals surface area contributed by atoms with Gasteiger partial charge in [0.15, 0.2) is 0 Å². The molecule has 4 heteroatoms. The van der Waals surface area contributed by atoms with Crippen molar-refractivity contribution in [2.75, 3.05) is 0 Å². The average molecular weight is 352 g/mol. The number of aromatic nitrogens is 2. The fourth-order valence-electron chi connectivity index (χ4n) is 2.31. The summed E-state index contributed by atoms with van der Waals surface area (Å²) < 4.78 is 4.57. The molecule has 108 valence electrons. The Morgan fingerprint density at radius 3 is 2.32 bits per heavy atom. The Labute approximate surface area is 136 Å². The first kappa shape index (κ1) is 14.6. The molecule has 22 heavy (non-hydrogen) atoms. The van der Waals surface area contributed by atoms with Gasteiger partial charge in [0.2, 0.25) is 0 Å². The topological polar surface area (TPSA) is 41.6 Å². The number of nitrogens with zero attached hydrogens (tertiary/aromatic N) is 3. The van der Waals surface area contributed by atoms with Crippen molar-refractivity contribution >= 4 is 23.9 Å². The minimum atomic E-state index is 0.190. The van der Waals surface area contributed by atoms with Crippen LogP contribution in [0.15, 0.2) is 54.6 Å². The summed E-state index contributed by atoms with van der Waals surface area (Å²) in [6.07, 6.45) is 0. The zero-order valence-corrected chi connectivity index (χ0v) is 14.2. The van der Waals surface area contributed by atoms with Gasteiger partial charge in [-0.1, -0.05) is 0 Å². The van der Waals surface area contributed by atoms with Gasteiger partial charge in [-0.2, -0.15) is 0 Å². The molecule has 0 aliphatic rings. The van der Waals surface area contributed by atoms with E-state index < -0.39 is 0 Å². The van der Waals surface area contributed by atoms with Crippen LogP contribution in [0.4, 0.5) is 0 Å². The molecule has 0 amide bonds. The Bertz CT molecular complexity index is 827. The van der Waals surface area contributed by atoms with Gasteiger partial charge in [0.1, 0.15) is 0 Å². The first-order valence-corrected chi connectivity index (χ1v) is 8.70. The van der Waals surface area contributed by atoms with Crippen LogP contribution in [0.1, 0.15) is 17.0 Å². The second-order valence-corrected chi connectivity index (χ2v) is 7.26. The summed E-state index contributed by atoms with van der Waals surface area (Å²) >= 11 is 0.190. The molecule has 3 nitrogen and oxygen atoms in total. The van der Waals surface area contributed by atoms with Crippen molar-refractivity contribution in [2.45, 2.75) is 13.8 Å². The van der Waals surface area contributed by atoms with Crippen molar-refractivity contribution in [1.29, 1.82) is 5.26 Å². The number of benzene rings is 2. The number of hydrogen-bond acceptors (Lipinski definition) is 2. The van der Waals surface area contributed by atoms with E-state index in [1.54, 1.807) is 0 Å². The molecule has 3 rings (SSSR count). The van der Waals surface area contributed by atoms with Gasteiger partial charge in [0, 0.05) is 0 Å². The Hall–Kier alpha value is -2.34. The van der Waals surface area contributed by atoms with Crippen molar-refractivity contribution in [1.82, 2.24) is 9.78 Å². The number of rotatable bonds is 3. The molecule has 0 N–H and O–H groups in total. The molecule has 0 saturated heterocycles. The summed E-state index contributed by atoms with van der Waals surface area (Å²) in [5.41, 5.74) is 4.05. The van der Waals surface area contributed by atoms with Gasteiger partial charge in [-0.15, -0.1) is 0 Å². The predicted octanol–water partition coefficient (Wildman–Crippen LogP) is 2.02. The number of para-hydroxylation sites is 1. The quantitative estimate of drug-likeness (QED) is 0.677. The molecule has 0 atom stereocenters. The third-order valence-electron chi connectivity index (χ3n) is 3.43. The zero-order chi connectivity index (χ0) is 15.5. The summed E-state index contributed by atoms with van der Waals surface area (Å²) in [6.45, 7) is 4.18. The van der Waals surface area contributed by atoms with E-state index in [0.717, 1.165) is 11.4 Å². The fourth-order valence-corrected chi connectivity index (χ4v) is 4.26. The second-order valence-electron chi connectivity index (χ2n) is 4.99. The van der Waals surface area contributed by atoms with Gasteiger partial charge in [0.05, 0.1) is 0 Å². The van der Waals surface area contributed by atoms with Crippen LogP contribution in [0.2, 0.25) is 0 Å². The third kappa shape index (κ3) is 2.82. The third-order valence-corrected chi connectivity index (χ3v) is 6.16. The Morgan fingerprint density at radius 1 is 1.00 bits per heavy atom. The first-order valence-electron chi connectivity index (χ1n) is 6.98. The predicted molar refractivity (Wildman–Crippen MR) is 89.2 cm³/mol. The van der Waals surface area contributed by atoms with Gasteiger partial charge in [-0.3, -0.25) is 0 Å². The molecular formula is C18H15N3Se. The van der Waals surface area contributed by atoms with Crippen LogP contribution in [0.5, 0.6) is 0 Å². The molecule has 0 aliphatic heterocycles. The molecule has 3 aromatic rings. The maximum atomic E-state index is 8.88. The molecule has 0 saturated carbocycles. The van der Waals surface area contributed by atoms with Crippen LogP contribution in [0, 0.1) is 25.2 Å². The van der Waals surface area contributed by atoms with Crippen LogP contribution in [0.25, 0.3) is 5.69 Å². The Morgan fingerprint density at radius 2 is 1.68 bits per heavy atom. The molecular weight excluding hydrogens is 337 g/mol. The summed E-state index contributed by atoms with van der Waals surface area (Å²) in [6, 6.07) is 20.2. The average Bonchev–Trinajstić information content (AvgIpc) is 2.84. The molecule has 0 fully saturated rings. The molecule has 1 aromatic heterocycles. The monoisotopic (exact) mass is 353 g/mol. The van der Waals surface area contributed by atoms with Crippen LogP contribution in [-0.4, -0.2) is 24.7 Å². The van der Waals surface area contributed by atoms with Crippen molar-refractivity contribution in [3.05, 3.63) is 71.5 Å². The van der Waals surface area contributed by atoms with Crippen molar-refractivity contribution in [3.63, 3.8) is 0 Å². The maximum absolute atomic E-state index is 8.88. The van der Waals surface area contributed by atoms with E-state index in [9.17, 15) is 0 Å². The van der Waals surface area contributed by atoms with E-state index in [-0.39, 0.29) is 15.0 Å². The van der Waals surface area contributed by atoms with Gasteiger partial charge in [-0.05, 0) is 0 Å². The van der Waals surface area contributed by atoms with E-state index in [0.29, 0.717) is 5.56 Å². The minimum absolute atomic E-state index is 0.190. The van der Waals surface area contributed by atoms with Gasteiger partial charge in [0.25, 0.3) is 0 Å². The standard InChI is InChI=1S/C18H15N3Se/c1-13-18(22-17-10-8-15(12-19)9-11-17)14(2)21(20-13)16-6-4-3-5-7-16/h3-11H,1-2H3. The van der Waals surface area contributed by atoms with E-state index in [1.807, 2.05) is 47.1 Å². The molecule has 0 radical (unpaired) electrons. The molecule has 0 bridgehead atoms. The first-order chi connectivity index (χ1) is 10.7. The van der Waals surface area contributed by atoms with E-state index in [1.165, 1.54) is 14.6 Å². The Kier molecular flexibility index (Phi) is 4.11. The van der Waals surface area contributed by atoms with Crippen LogP contribution in [0.3, 0.4) is 0 Å². The molecule has 0 spiro atoms. The van der Waals surface area contributed by atoms with Crippen LogP contribution < -0.4 is 8.92 Å². The van der Waals surface area contributed by atoms with E-state index >= 15 is 0 Å². The summed E-state index contributed by atoms with van der Waals surface area (Å²) in [5.74, 6) is 0.